The van der Waals surface area contributed by atoms with Gasteiger partial charge in [0.2, 0.25) is 0 Å². The van der Waals surface area contributed by atoms with Crippen LogP contribution < -0.4 is 0 Å². The molecule has 1 atom stereocenters. The summed E-state index contributed by atoms with van der Waals surface area (Å²) in [6, 6.07) is 6.98. The minimum atomic E-state index is -0.456. The number of hydrogen-bond acceptors (Lipinski definition) is 3. The van der Waals surface area contributed by atoms with E-state index >= 15 is 0 Å². The van der Waals surface area contributed by atoms with Crippen molar-refractivity contribution < 1.29 is 10.0 Å². The summed E-state index contributed by atoms with van der Waals surface area (Å²) in [5.74, 6) is 0. The highest BCUT2D eigenvalue weighted by atomic mass is 16.6. The van der Waals surface area contributed by atoms with Crippen LogP contribution >= 0.6 is 0 Å². The van der Waals surface area contributed by atoms with E-state index in [1.54, 1.807) is 13.0 Å². The van der Waals surface area contributed by atoms with Gasteiger partial charge in [0.05, 0.1) is 11.0 Å². The molecule has 106 valence electrons. The highest BCUT2D eigenvalue weighted by Crippen LogP contribution is 2.23. The van der Waals surface area contributed by atoms with Crippen molar-refractivity contribution in [1.29, 1.82) is 0 Å². The Bertz CT molecular complexity index is 619. The molecule has 0 radical (unpaired) electrons. The third-order valence-corrected chi connectivity index (χ3v) is 3.51. The number of aliphatic hydroxyl groups is 1. The van der Waals surface area contributed by atoms with Gasteiger partial charge in [0.25, 0.3) is 5.69 Å². The lowest BCUT2D eigenvalue weighted by atomic mass is 10.1. The van der Waals surface area contributed by atoms with Gasteiger partial charge < -0.3 is 9.67 Å². The Kier molecular flexibility index (Phi) is 4.20. The minimum Gasteiger partial charge on any atom is -0.388 e. The van der Waals surface area contributed by atoms with Crippen LogP contribution in [0.25, 0.3) is 0 Å². The predicted octanol–water partition coefficient (Wildman–Crippen LogP) is 3.20. The van der Waals surface area contributed by atoms with E-state index in [-0.39, 0.29) is 10.6 Å². The van der Waals surface area contributed by atoms with Crippen molar-refractivity contribution in [3.05, 3.63) is 63.5 Å². The molecule has 5 nitrogen and oxygen atoms in total. The van der Waals surface area contributed by atoms with Crippen LogP contribution in [0.1, 0.15) is 36.1 Å². The van der Waals surface area contributed by atoms with Crippen LogP contribution in [0.15, 0.2) is 36.7 Å². The molecule has 0 spiro atoms. The molecule has 20 heavy (non-hydrogen) atoms. The molecular formula is C15H18N2O3. The second-order valence-corrected chi connectivity index (χ2v) is 4.86. The second kappa shape index (κ2) is 5.88. The van der Waals surface area contributed by atoms with Gasteiger partial charge in [-0.15, -0.1) is 0 Å². The fourth-order valence-corrected chi connectivity index (χ4v) is 2.23. The first-order valence-corrected chi connectivity index (χ1v) is 6.59. The Balaban J connectivity index is 2.24. The number of rotatable bonds is 5. The molecule has 1 heterocycles. The van der Waals surface area contributed by atoms with Crippen LogP contribution in [0.3, 0.4) is 0 Å². The molecule has 0 saturated heterocycles. The zero-order valence-electron chi connectivity index (χ0n) is 11.6. The Morgan fingerprint density at radius 3 is 2.80 bits per heavy atom. The Morgan fingerprint density at radius 2 is 2.15 bits per heavy atom. The molecule has 1 N–H and O–H groups in total. The summed E-state index contributed by atoms with van der Waals surface area (Å²) >= 11 is 0. The van der Waals surface area contributed by atoms with E-state index < -0.39 is 6.10 Å². The van der Waals surface area contributed by atoms with Gasteiger partial charge in [0.15, 0.2) is 0 Å². The van der Waals surface area contributed by atoms with Crippen molar-refractivity contribution in [3.8, 4) is 0 Å². The average Bonchev–Trinajstić information content (AvgIpc) is 2.88. The fraction of sp³-hybridized carbons (Fsp3) is 0.333. The Labute approximate surface area is 117 Å². The largest absolute Gasteiger partial charge is 0.388 e. The first-order valence-electron chi connectivity index (χ1n) is 6.59. The molecule has 1 unspecified atom stereocenters. The van der Waals surface area contributed by atoms with Gasteiger partial charge in [-0.25, -0.2) is 0 Å². The SMILES string of the molecule is CCC(O)c1ccn(Cc2cccc([N+](=O)[O-])c2C)c1. The van der Waals surface area contributed by atoms with Crippen LogP contribution in [0.4, 0.5) is 5.69 Å². The molecule has 0 bridgehead atoms. The number of nitro benzene ring substituents is 1. The van der Waals surface area contributed by atoms with Gasteiger partial charge in [0, 0.05) is 30.6 Å². The van der Waals surface area contributed by atoms with Crippen LogP contribution in [0.2, 0.25) is 0 Å². The molecule has 1 aromatic carbocycles. The van der Waals surface area contributed by atoms with Gasteiger partial charge in [0.1, 0.15) is 0 Å². The smallest absolute Gasteiger partial charge is 0.272 e. The van der Waals surface area contributed by atoms with E-state index in [0.29, 0.717) is 18.5 Å². The maximum Gasteiger partial charge on any atom is 0.272 e. The average molecular weight is 274 g/mol. The molecule has 0 fully saturated rings. The predicted molar refractivity (Wildman–Crippen MR) is 76.6 cm³/mol. The standard InChI is InChI=1S/C15H18N2O3/c1-3-15(18)13-7-8-16(10-13)9-12-5-4-6-14(11(12)2)17(19)20/h4-8,10,15,18H,3,9H2,1-2H3. The lowest BCUT2D eigenvalue weighted by molar-refractivity contribution is -0.385. The Morgan fingerprint density at radius 1 is 1.40 bits per heavy atom. The molecular weight excluding hydrogens is 256 g/mol. The quantitative estimate of drug-likeness (QED) is 0.672. The third kappa shape index (κ3) is 2.88. The number of nitro groups is 1. The van der Waals surface area contributed by atoms with Crippen LogP contribution in [0.5, 0.6) is 0 Å². The van der Waals surface area contributed by atoms with Crippen molar-refractivity contribution in [2.24, 2.45) is 0 Å². The highest BCUT2D eigenvalue weighted by molar-refractivity contribution is 5.44. The third-order valence-electron chi connectivity index (χ3n) is 3.51. The summed E-state index contributed by atoms with van der Waals surface area (Å²) in [4.78, 5) is 10.6. The normalized spacial score (nSPS) is 12.3. The van der Waals surface area contributed by atoms with Crippen molar-refractivity contribution in [3.63, 3.8) is 0 Å². The number of aromatic nitrogens is 1. The molecule has 2 rings (SSSR count). The van der Waals surface area contributed by atoms with Gasteiger partial charge in [-0.2, -0.15) is 0 Å². The fourth-order valence-electron chi connectivity index (χ4n) is 2.23. The van der Waals surface area contributed by atoms with E-state index in [9.17, 15) is 15.2 Å². The summed E-state index contributed by atoms with van der Waals surface area (Å²) in [5.41, 5.74) is 2.61. The molecule has 0 aliphatic carbocycles. The van der Waals surface area contributed by atoms with Crippen LogP contribution in [0, 0.1) is 17.0 Å². The van der Waals surface area contributed by atoms with Crippen molar-refractivity contribution in [2.45, 2.75) is 32.9 Å². The first kappa shape index (κ1) is 14.3. The molecule has 2 aromatic rings. The highest BCUT2D eigenvalue weighted by Gasteiger charge is 2.13. The van der Waals surface area contributed by atoms with Crippen molar-refractivity contribution in [1.82, 2.24) is 4.57 Å². The summed E-state index contributed by atoms with van der Waals surface area (Å²) in [5, 5.41) is 20.7. The zero-order chi connectivity index (χ0) is 14.7. The maximum atomic E-state index is 10.9. The molecule has 0 amide bonds. The minimum absolute atomic E-state index is 0.142. The summed E-state index contributed by atoms with van der Waals surface area (Å²) in [6.45, 7) is 4.25. The Hall–Kier alpha value is -2.14. The van der Waals surface area contributed by atoms with Crippen LogP contribution in [-0.2, 0) is 6.54 Å². The molecule has 0 aliphatic heterocycles. The van der Waals surface area contributed by atoms with Gasteiger partial charge >= 0.3 is 0 Å². The van der Waals surface area contributed by atoms with Crippen LogP contribution in [-0.4, -0.2) is 14.6 Å². The molecule has 5 heteroatoms. The summed E-state index contributed by atoms with van der Waals surface area (Å²) in [6.07, 6.45) is 3.97. The zero-order valence-corrected chi connectivity index (χ0v) is 11.6. The number of aliphatic hydroxyl groups excluding tert-OH is 1. The van der Waals surface area contributed by atoms with E-state index in [2.05, 4.69) is 0 Å². The molecule has 0 aliphatic rings. The van der Waals surface area contributed by atoms with E-state index in [0.717, 1.165) is 11.1 Å². The summed E-state index contributed by atoms with van der Waals surface area (Å²) < 4.78 is 1.93. The van der Waals surface area contributed by atoms with Crippen molar-refractivity contribution >= 4 is 5.69 Å². The molecule has 0 saturated carbocycles. The second-order valence-electron chi connectivity index (χ2n) is 4.86. The van der Waals surface area contributed by atoms with E-state index in [1.165, 1.54) is 6.07 Å². The van der Waals surface area contributed by atoms with E-state index in [4.69, 9.17) is 0 Å². The van der Waals surface area contributed by atoms with Crippen molar-refractivity contribution in [2.75, 3.05) is 0 Å². The lowest BCUT2D eigenvalue weighted by Gasteiger charge is -2.08. The first-order chi connectivity index (χ1) is 9.52. The molecule has 1 aromatic heterocycles. The number of nitrogens with zero attached hydrogens (tertiary/aromatic N) is 2. The monoisotopic (exact) mass is 274 g/mol. The lowest BCUT2D eigenvalue weighted by Crippen LogP contribution is -2.02. The van der Waals surface area contributed by atoms with E-state index in [1.807, 2.05) is 36.0 Å². The van der Waals surface area contributed by atoms with Gasteiger partial charge in [-0.3, -0.25) is 10.1 Å². The van der Waals surface area contributed by atoms with Gasteiger partial charge in [-0.05, 0) is 30.5 Å². The van der Waals surface area contributed by atoms with Gasteiger partial charge in [-0.1, -0.05) is 19.1 Å². The number of benzene rings is 1. The topological polar surface area (TPSA) is 68.3 Å². The number of hydrogen-bond donors (Lipinski definition) is 1. The summed E-state index contributed by atoms with van der Waals surface area (Å²) in [7, 11) is 0. The maximum absolute atomic E-state index is 10.9.